The van der Waals surface area contributed by atoms with Crippen LogP contribution in [0.25, 0.3) is 11.4 Å². The van der Waals surface area contributed by atoms with Crippen molar-refractivity contribution in [3.05, 3.63) is 40.7 Å². The predicted octanol–water partition coefficient (Wildman–Crippen LogP) is 3.23. The molecular weight excluding hydrogens is 396 g/mol. The second kappa shape index (κ2) is 8.65. The lowest BCUT2D eigenvalue weighted by atomic mass is 10.1. The van der Waals surface area contributed by atoms with Crippen molar-refractivity contribution < 1.29 is 24.1 Å². The van der Waals surface area contributed by atoms with Crippen LogP contribution in [0.15, 0.2) is 35.4 Å². The van der Waals surface area contributed by atoms with Gasteiger partial charge in [0.05, 0.1) is 34.7 Å². The topological polar surface area (TPSA) is 103 Å². The summed E-state index contributed by atoms with van der Waals surface area (Å²) in [4.78, 5) is 0. The minimum atomic E-state index is -0.0249. The number of rotatable bonds is 7. The lowest BCUT2D eigenvalue weighted by Crippen LogP contribution is -1.99. The maximum Gasteiger partial charge on any atom is 0.216 e. The van der Waals surface area contributed by atoms with Crippen molar-refractivity contribution in [2.45, 2.75) is 0 Å². The standard InChI is InChI=1S/C19H20N4O5S/c1-25-13-7-5-6-11(16(13)24)10-20-23-18(21-22-19(23)29)12-8-14(26-2)17(28-4)15(9-12)27-3/h5-10,24H,1-4H3,(H,22,29)/b20-10-. The zero-order valence-electron chi connectivity index (χ0n) is 16.3. The molecule has 0 saturated carbocycles. The summed E-state index contributed by atoms with van der Waals surface area (Å²) in [5.41, 5.74) is 1.10. The van der Waals surface area contributed by atoms with Gasteiger partial charge in [-0.3, -0.25) is 0 Å². The van der Waals surface area contributed by atoms with Crippen molar-refractivity contribution in [1.29, 1.82) is 0 Å². The van der Waals surface area contributed by atoms with Crippen molar-refractivity contribution in [3.63, 3.8) is 0 Å². The lowest BCUT2D eigenvalue weighted by molar-refractivity contribution is 0.324. The van der Waals surface area contributed by atoms with Gasteiger partial charge in [0.25, 0.3) is 0 Å². The number of phenolic OH excluding ortho intramolecular Hbond substituents is 1. The van der Waals surface area contributed by atoms with Gasteiger partial charge < -0.3 is 24.1 Å². The number of nitrogens with one attached hydrogen (secondary N) is 1. The van der Waals surface area contributed by atoms with E-state index in [0.717, 1.165) is 0 Å². The largest absolute Gasteiger partial charge is 0.504 e. The highest BCUT2D eigenvalue weighted by Crippen LogP contribution is 2.40. The molecule has 1 aromatic heterocycles. The molecule has 3 aromatic rings. The third-order valence-electron chi connectivity index (χ3n) is 4.14. The Hall–Kier alpha value is -3.53. The molecule has 0 aliphatic rings. The third-order valence-corrected chi connectivity index (χ3v) is 4.40. The van der Waals surface area contributed by atoms with Crippen LogP contribution in [0.5, 0.6) is 28.7 Å². The Bertz CT molecular complexity index is 1080. The summed E-state index contributed by atoms with van der Waals surface area (Å²) in [5.74, 6) is 2.14. The Morgan fingerprint density at radius 2 is 1.69 bits per heavy atom. The molecule has 0 atom stereocenters. The number of aromatic amines is 1. The van der Waals surface area contributed by atoms with E-state index >= 15 is 0 Å². The molecule has 3 rings (SSSR count). The highest BCUT2D eigenvalue weighted by molar-refractivity contribution is 7.71. The molecular formula is C19H20N4O5S. The van der Waals surface area contributed by atoms with Crippen molar-refractivity contribution in [1.82, 2.24) is 14.9 Å². The maximum atomic E-state index is 10.2. The highest BCUT2D eigenvalue weighted by atomic mass is 32.1. The lowest BCUT2D eigenvalue weighted by Gasteiger charge is -2.13. The number of H-pyrrole nitrogens is 1. The minimum absolute atomic E-state index is 0.0249. The number of hydrogen-bond donors (Lipinski definition) is 2. The van der Waals surface area contributed by atoms with Gasteiger partial charge in [0, 0.05) is 11.1 Å². The van der Waals surface area contributed by atoms with E-state index in [1.165, 1.54) is 39.3 Å². The van der Waals surface area contributed by atoms with E-state index in [4.69, 9.17) is 31.2 Å². The van der Waals surface area contributed by atoms with E-state index < -0.39 is 0 Å². The van der Waals surface area contributed by atoms with E-state index in [9.17, 15) is 5.11 Å². The number of hydrogen-bond acceptors (Lipinski definition) is 8. The van der Waals surface area contributed by atoms with Crippen LogP contribution >= 0.6 is 12.2 Å². The molecule has 0 spiro atoms. The van der Waals surface area contributed by atoms with Crippen molar-refractivity contribution in [3.8, 4) is 40.1 Å². The monoisotopic (exact) mass is 416 g/mol. The molecule has 2 aromatic carbocycles. The first-order valence-corrected chi connectivity index (χ1v) is 8.83. The average Bonchev–Trinajstić information content (AvgIpc) is 3.12. The van der Waals surface area contributed by atoms with Crippen molar-refractivity contribution in [2.24, 2.45) is 5.10 Å². The van der Waals surface area contributed by atoms with E-state index in [1.54, 1.807) is 30.3 Å². The number of methoxy groups -OCH3 is 4. The molecule has 0 unspecified atom stereocenters. The van der Waals surface area contributed by atoms with Crippen LogP contribution in [-0.2, 0) is 0 Å². The fraction of sp³-hybridized carbons (Fsp3) is 0.211. The molecule has 1 heterocycles. The molecule has 152 valence electrons. The van der Waals surface area contributed by atoms with Crippen molar-refractivity contribution in [2.75, 3.05) is 28.4 Å². The average molecular weight is 416 g/mol. The first kappa shape index (κ1) is 20.2. The molecule has 0 aliphatic carbocycles. The van der Waals surface area contributed by atoms with Crippen molar-refractivity contribution >= 4 is 18.4 Å². The van der Waals surface area contributed by atoms with Gasteiger partial charge in [-0.25, -0.2) is 5.10 Å². The number of para-hydroxylation sites is 1. The maximum absolute atomic E-state index is 10.2. The number of aromatic nitrogens is 3. The molecule has 0 amide bonds. The normalized spacial score (nSPS) is 10.9. The van der Waals surface area contributed by atoms with Gasteiger partial charge in [-0.15, -0.1) is 0 Å². The molecule has 0 radical (unpaired) electrons. The Balaban J connectivity index is 2.09. The fourth-order valence-electron chi connectivity index (χ4n) is 2.72. The molecule has 0 bridgehead atoms. The smallest absolute Gasteiger partial charge is 0.216 e. The molecule has 29 heavy (non-hydrogen) atoms. The summed E-state index contributed by atoms with van der Waals surface area (Å²) in [6.45, 7) is 0. The van der Waals surface area contributed by atoms with Gasteiger partial charge in [-0.05, 0) is 36.5 Å². The van der Waals surface area contributed by atoms with E-state index in [1.807, 2.05) is 0 Å². The first-order valence-electron chi connectivity index (χ1n) is 8.42. The van der Waals surface area contributed by atoms with Crippen LogP contribution in [0.2, 0.25) is 0 Å². The molecule has 0 fully saturated rings. The highest BCUT2D eigenvalue weighted by Gasteiger charge is 2.17. The minimum Gasteiger partial charge on any atom is -0.504 e. The van der Waals surface area contributed by atoms with Gasteiger partial charge in [-0.1, -0.05) is 6.07 Å². The van der Waals surface area contributed by atoms with Crippen LogP contribution in [0.3, 0.4) is 0 Å². The predicted molar refractivity (Wildman–Crippen MR) is 110 cm³/mol. The Kier molecular flexibility index (Phi) is 6.03. The molecule has 0 aliphatic heterocycles. The summed E-state index contributed by atoms with van der Waals surface area (Å²) >= 11 is 5.30. The number of phenols is 1. The molecule has 10 heteroatoms. The van der Waals surface area contributed by atoms with Crippen LogP contribution in [-0.4, -0.2) is 54.6 Å². The van der Waals surface area contributed by atoms with E-state index in [0.29, 0.717) is 39.9 Å². The van der Waals surface area contributed by atoms with Crippen LogP contribution < -0.4 is 18.9 Å². The second-order valence-corrected chi connectivity index (χ2v) is 6.11. The first-order chi connectivity index (χ1) is 14.0. The SMILES string of the molecule is COc1cccc(/C=N\n2c(-c3cc(OC)c(OC)c(OC)c3)n[nH]c2=S)c1O. The summed E-state index contributed by atoms with van der Waals surface area (Å²) in [6, 6.07) is 8.57. The third kappa shape index (κ3) is 3.87. The van der Waals surface area contributed by atoms with Gasteiger partial charge in [-0.2, -0.15) is 14.9 Å². The quantitative estimate of drug-likeness (QED) is 0.450. The Morgan fingerprint density at radius 3 is 2.28 bits per heavy atom. The summed E-state index contributed by atoms with van der Waals surface area (Å²) in [6.07, 6.45) is 1.46. The van der Waals surface area contributed by atoms with Gasteiger partial charge >= 0.3 is 0 Å². The number of benzene rings is 2. The number of ether oxygens (including phenoxy) is 4. The number of aromatic hydroxyl groups is 1. The zero-order chi connectivity index (χ0) is 21.0. The summed E-state index contributed by atoms with van der Waals surface area (Å²) in [7, 11) is 6.07. The number of nitrogens with zero attached hydrogens (tertiary/aromatic N) is 3. The van der Waals surface area contributed by atoms with Gasteiger partial charge in [0.1, 0.15) is 0 Å². The Labute approximate surface area is 172 Å². The fourth-order valence-corrected chi connectivity index (χ4v) is 2.90. The molecule has 2 N–H and O–H groups in total. The second-order valence-electron chi connectivity index (χ2n) is 5.72. The van der Waals surface area contributed by atoms with E-state index in [-0.39, 0.29) is 10.5 Å². The zero-order valence-corrected chi connectivity index (χ0v) is 17.1. The van der Waals surface area contributed by atoms with Crippen LogP contribution in [0.1, 0.15) is 5.56 Å². The summed E-state index contributed by atoms with van der Waals surface area (Å²) < 4.78 is 23.0. The molecule has 9 nitrogen and oxygen atoms in total. The van der Waals surface area contributed by atoms with Gasteiger partial charge in [0.2, 0.25) is 10.5 Å². The van der Waals surface area contributed by atoms with E-state index in [2.05, 4.69) is 15.3 Å². The van der Waals surface area contributed by atoms with Gasteiger partial charge in [0.15, 0.2) is 28.8 Å². The molecule has 0 saturated heterocycles. The van der Waals surface area contributed by atoms with Crippen LogP contribution in [0, 0.1) is 4.77 Å². The Morgan fingerprint density at radius 1 is 1.03 bits per heavy atom. The summed E-state index contributed by atoms with van der Waals surface area (Å²) in [5, 5.41) is 21.6. The van der Waals surface area contributed by atoms with Crippen LogP contribution in [0.4, 0.5) is 0 Å².